The quantitative estimate of drug-likeness (QED) is 0.266. The Morgan fingerprint density at radius 3 is 2.47 bits per heavy atom. The first kappa shape index (κ1) is 24.4. The summed E-state index contributed by atoms with van der Waals surface area (Å²) in [6, 6.07) is 12.5. The SMILES string of the molecule is CC[C@H](C)n1c(SCc2nc3cc(S(=O)(=O)N(C)C)ccc3n2CC)nc2ccccc2c1=O. The van der Waals surface area contributed by atoms with Crippen LogP contribution in [0.2, 0.25) is 0 Å². The highest BCUT2D eigenvalue weighted by Gasteiger charge is 2.21. The van der Waals surface area contributed by atoms with E-state index in [1.807, 2.05) is 38.1 Å². The van der Waals surface area contributed by atoms with Crippen molar-refractivity contribution in [3.8, 4) is 0 Å². The van der Waals surface area contributed by atoms with Gasteiger partial charge in [0.05, 0.1) is 32.6 Å². The largest absolute Gasteiger partial charge is 0.328 e. The summed E-state index contributed by atoms with van der Waals surface area (Å²) in [6.45, 7) is 6.80. The van der Waals surface area contributed by atoms with Gasteiger partial charge in [-0.15, -0.1) is 0 Å². The lowest BCUT2D eigenvalue weighted by Crippen LogP contribution is -2.26. The van der Waals surface area contributed by atoms with Gasteiger partial charge in [-0.2, -0.15) is 0 Å². The lowest BCUT2D eigenvalue weighted by molar-refractivity contribution is 0.468. The van der Waals surface area contributed by atoms with Crippen molar-refractivity contribution in [1.29, 1.82) is 0 Å². The Balaban J connectivity index is 1.76. The maximum Gasteiger partial charge on any atom is 0.262 e. The number of rotatable bonds is 8. The Labute approximate surface area is 203 Å². The van der Waals surface area contributed by atoms with Crippen molar-refractivity contribution >= 4 is 43.7 Å². The van der Waals surface area contributed by atoms with Crippen molar-refractivity contribution in [3.05, 3.63) is 58.6 Å². The highest BCUT2D eigenvalue weighted by atomic mass is 32.2. The first-order valence-electron chi connectivity index (χ1n) is 11.2. The van der Waals surface area contributed by atoms with E-state index >= 15 is 0 Å². The number of nitrogens with zero attached hydrogens (tertiary/aromatic N) is 5. The summed E-state index contributed by atoms with van der Waals surface area (Å²) in [5.41, 5.74) is 2.15. The molecule has 0 radical (unpaired) electrons. The predicted octanol–water partition coefficient (Wildman–Crippen LogP) is 4.28. The van der Waals surface area contributed by atoms with Gasteiger partial charge in [-0.3, -0.25) is 9.36 Å². The molecule has 4 aromatic rings. The van der Waals surface area contributed by atoms with Gasteiger partial charge in [-0.1, -0.05) is 30.8 Å². The van der Waals surface area contributed by atoms with E-state index in [9.17, 15) is 13.2 Å². The Kier molecular flexibility index (Phi) is 6.84. The number of aryl methyl sites for hydroxylation is 1. The second kappa shape index (κ2) is 9.52. The summed E-state index contributed by atoms with van der Waals surface area (Å²) >= 11 is 1.47. The fourth-order valence-corrected chi connectivity index (χ4v) is 5.89. The zero-order chi connectivity index (χ0) is 24.6. The molecule has 0 saturated heterocycles. The fraction of sp³-hybridized carbons (Fsp3) is 0.375. The van der Waals surface area contributed by atoms with Gasteiger partial charge in [0.2, 0.25) is 10.0 Å². The minimum Gasteiger partial charge on any atom is -0.328 e. The summed E-state index contributed by atoms with van der Waals surface area (Å²) in [5, 5.41) is 1.27. The number of sulfonamides is 1. The third kappa shape index (κ3) is 4.25. The van der Waals surface area contributed by atoms with E-state index in [-0.39, 0.29) is 16.5 Å². The molecule has 0 N–H and O–H groups in total. The van der Waals surface area contributed by atoms with Crippen LogP contribution in [0.1, 0.15) is 39.1 Å². The van der Waals surface area contributed by atoms with Crippen molar-refractivity contribution in [3.63, 3.8) is 0 Å². The van der Waals surface area contributed by atoms with Crippen LogP contribution in [-0.4, -0.2) is 45.9 Å². The lowest BCUT2D eigenvalue weighted by atomic mass is 10.2. The second-order valence-corrected chi connectivity index (χ2v) is 11.4. The monoisotopic (exact) mass is 499 g/mol. The van der Waals surface area contributed by atoms with Gasteiger partial charge in [-0.05, 0) is 50.6 Å². The van der Waals surface area contributed by atoms with E-state index in [1.165, 1.54) is 30.2 Å². The predicted molar refractivity (Wildman–Crippen MR) is 137 cm³/mol. The van der Waals surface area contributed by atoms with Crippen LogP contribution in [0.5, 0.6) is 0 Å². The van der Waals surface area contributed by atoms with E-state index in [0.29, 0.717) is 33.9 Å². The summed E-state index contributed by atoms with van der Waals surface area (Å²) in [4.78, 5) is 23.0. The van der Waals surface area contributed by atoms with E-state index < -0.39 is 10.0 Å². The standard InChI is InChI=1S/C24H29N5O3S2/c1-6-16(3)29-23(30)18-10-8-9-11-19(18)26-24(29)33-15-22-25-20-14-17(34(31,32)27(4)5)12-13-21(20)28(22)7-2/h8-14,16H,6-7,15H2,1-5H3/t16-/m0/s1. The Morgan fingerprint density at radius 2 is 1.79 bits per heavy atom. The molecule has 0 bridgehead atoms. The molecule has 0 aliphatic carbocycles. The molecule has 180 valence electrons. The summed E-state index contributed by atoms with van der Waals surface area (Å²) < 4.78 is 30.2. The van der Waals surface area contributed by atoms with Crippen LogP contribution in [0, 0.1) is 0 Å². The number of hydrogen-bond donors (Lipinski definition) is 0. The molecule has 2 aromatic carbocycles. The molecule has 0 amide bonds. The van der Waals surface area contributed by atoms with Gasteiger partial charge in [0, 0.05) is 26.7 Å². The second-order valence-electron chi connectivity index (χ2n) is 8.34. The van der Waals surface area contributed by atoms with Crippen LogP contribution < -0.4 is 5.56 Å². The van der Waals surface area contributed by atoms with Crippen molar-refractivity contribution < 1.29 is 8.42 Å². The first-order valence-corrected chi connectivity index (χ1v) is 13.7. The highest BCUT2D eigenvalue weighted by molar-refractivity contribution is 7.98. The maximum atomic E-state index is 13.2. The third-order valence-electron chi connectivity index (χ3n) is 6.03. The molecule has 0 unspecified atom stereocenters. The number of fused-ring (bicyclic) bond motifs is 2. The van der Waals surface area contributed by atoms with E-state index in [4.69, 9.17) is 9.97 Å². The highest BCUT2D eigenvalue weighted by Crippen LogP contribution is 2.28. The number of benzene rings is 2. The van der Waals surface area contributed by atoms with Crippen LogP contribution in [0.3, 0.4) is 0 Å². The molecule has 0 aliphatic rings. The third-order valence-corrected chi connectivity index (χ3v) is 8.79. The minimum atomic E-state index is -3.55. The molecule has 0 aliphatic heterocycles. The molecule has 0 saturated carbocycles. The number of hydrogen-bond acceptors (Lipinski definition) is 6. The van der Waals surface area contributed by atoms with E-state index in [0.717, 1.165) is 17.8 Å². The van der Waals surface area contributed by atoms with Crippen LogP contribution >= 0.6 is 11.8 Å². The van der Waals surface area contributed by atoms with Crippen molar-refractivity contribution in [2.75, 3.05) is 14.1 Å². The molecule has 0 fully saturated rings. The number of aromatic nitrogens is 4. The van der Waals surface area contributed by atoms with Gasteiger partial charge < -0.3 is 4.57 Å². The van der Waals surface area contributed by atoms with Gasteiger partial charge in [0.15, 0.2) is 5.16 Å². The van der Waals surface area contributed by atoms with Gasteiger partial charge in [0.1, 0.15) is 5.82 Å². The van der Waals surface area contributed by atoms with Crippen LogP contribution in [-0.2, 0) is 22.3 Å². The number of thioether (sulfide) groups is 1. The number of para-hydroxylation sites is 1. The van der Waals surface area contributed by atoms with E-state index in [2.05, 4.69) is 11.5 Å². The Bertz CT molecular complexity index is 1520. The average Bonchev–Trinajstić information content (AvgIpc) is 3.19. The van der Waals surface area contributed by atoms with Gasteiger partial charge in [0.25, 0.3) is 5.56 Å². The van der Waals surface area contributed by atoms with Gasteiger partial charge in [-0.25, -0.2) is 22.7 Å². The van der Waals surface area contributed by atoms with Crippen LogP contribution in [0.15, 0.2) is 57.3 Å². The molecule has 1 atom stereocenters. The lowest BCUT2D eigenvalue weighted by Gasteiger charge is -2.18. The molecule has 8 nitrogen and oxygen atoms in total. The molecule has 10 heteroatoms. The zero-order valence-electron chi connectivity index (χ0n) is 20.0. The fourth-order valence-electron chi connectivity index (χ4n) is 3.92. The zero-order valence-corrected chi connectivity index (χ0v) is 21.7. The minimum absolute atomic E-state index is 0.0101. The van der Waals surface area contributed by atoms with Crippen molar-refractivity contribution in [1.82, 2.24) is 23.4 Å². The Morgan fingerprint density at radius 1 is 1.06 bits per heavy atom. The summed E-state index contributed by atoms with van der Waals surface area (Å²) in [6.07, 6.45) is 0.810. The van der Waals surface area contributed by atoms with Crippen molar-refractivity contribution in [2.45, 2.75) is 55.6 Å². The molecule has 0 spiro atoms. The molecular formula is C24H29N5O3S2. The molecule has 4 rings (SSSR count). The van der Waals surface area contributed by atoms with Crippen molar-refractivity contribution in [2.24, 2.45) is 0 Å². The number of imidazole rings is 1. The molecule has 2 aromatic heterocycles. The average molecular weight is 500 g/mol. The summed E-state index contributed by atoms with van der Waals surface area (Å²) in [7, 11) is -0.520. The Hall–Kier alpha value is -2.69. The van der Waals surface area contributed by atoms with Crippen LogP contribution in [0.4, 0.5) is 0 Å². The maximum absolute atomic E-state index is 13.2. The normalized spacial score (nSPS) is 13.2. The van der Waals surface area contributed by atoms with E-state index in [1.54, 1.807) is 22.8 Å². The first-order chi connectivity index (χ1) is 16.2. The molecule has 34 heavy (non-hydrogen) atoms. The van der Waals surface area contributed by atoms with Gasteiger partial charge >= 0.3 is 0 Å². The smallest absolute Gasteiger partial charge is 0.262 e. The molecule has 2 heterocycles. The summed E-state index contributed by atoms with van der Waals surface area (Å²) in [5.74, 6) is 1.31. The van der Waals surface area contributed by atoms with Crippen LogP contribution in [0.25, 0.3) is 21.9 Å². The molecular weight excluding hydrogens is 470 g/mol. The topological polar surface area (TPSA) is 90.1 Å².